The Morgan fingerprint density at radius 1 is 1.11 bits per heavy atom. The Morgan fingerprint density at radius 2 is 1.89 bits per heavy atom. The third-order valence-corrected chi connectivity index (χ3v) is 5.39. The molecule has 1 aliphatic rings. The van der Waals surface area contributed by atoms with E-state index >= 15 is 0 Å². The predicted octanol–water partition coefficient (Wildman–Crippen LogP) is 3.86. The van der Waals surface area contributed by atoms with Gasteiger partial charge in [-0.1, -0.05) is 0 Å². The molecule has 4 rings (SSSR count). The van der Waals surface area contributed by atoms with Crippen molar-refractivity contribution in [1.29, 1.82) is 0 Å². The highest BCUT2D eigenvalue weighted by atomic mass is 19.1. The fourth-order valence-corrected chi connectivity index (χ4v) is 3.55. The molecule has 1 aliphatic heterocycles. The second kappa shape index (κ2) is 10.6. The Morgan fingerprint density at radius 3 is 2.51 bits per heavy atom. The van der Waals surface area contributed by atoms with Crippen LogP contribution in [-0.2, 0) is 11.8 Å². The topological polar surface area (TPSA) is 94.9 Å². The van der Waals surface area contributed by atoms with Crippen LogP contribution in [0.1, 0.15) is 34.1 Å². The maximum Gasteiger partial charge on any atom is 0.257 e. The van der Waals surface area contributed by atoms with Gasteiger partial charge in [-0.05, 0) is 43.7 Å². The van der Waals surface area contributed by atoms with Crippen LogP contribution in [0, 0.1) is 5.82 Å². The van der Waals surface area contributed by atoms with Crippen LogP contribution >= 0.6 is 0 Å². The zero-order valence-corrected chi connectivity index (χ0v) is 19.8. The van der Waals surface area contributed by atoms with Gasteiger partial charge in [-0.2, -0.15) is 5.10 Å². The minimum atomic E-state index is -0.685. The molecule has 3 aromatic rings. The summed E-state index contributed by atoms with van der Waals surface area (Å²) in [6.07, 6.45) is 2.35. The Labute approximate surface area is 202 Å². The Hall–Kier alpha value is -3.92. The fourth-order valence-electron chi connectivity index (χ4n) is 3.55. The first-order chi connectivity index (χ1) is 16.8. The van der Waals surface area contributed by atoms with Gasteiger partial charge in [0.05, 0.1) is 6.61 Å². The third-order valence-electron chi connectivity index (χ3n) is 5.39. The molecule has 0 unspecified atom stereocenters. The van der Waals surface area contributed by atoms with Crippen molar-refractivity contribution in [1.82, 2.24) is 14.7 Å². The van der Waals surface area contributed by atoms with Gasteiger partial charge in [-0.25, -0.2) is 4.39 Å². The number of rotatable bonds is 9. The van der Waals surface area contributed by atoms with E-state index < -0.39 is 11.7 Å². The molecule has 10 heteroatoms. The van der Waals surface area contributed by atoms with Gasteiger partial charge in [0, 0.05) is 56.7 Å². The Bertz CT molecular complexity index is 1220. The highest BCUT2D eigenvalue weighted by Gasteiger charge is 2.23. The van der Waals surface area contributed by atoms with Crippen LogP contribution in [0.15, 0.2) is 48.7 Å². The molecule has 1 N–H and O–H groups in total. The zero-order chi connectivity index (χ0) is 24.9. The number of anilines is 1. The Balaban J connectivity index is 1.58. The first-order valence-corrected chi connectivity index (χ1v) is 11.2. The average molecular weight is 483 g/mol. The summed E-state index contributed by atoms with van der Waals surface area (Å²) in [4.78, 5) is 26.9. The largest absolute Gasteiger partial charge is 0.488 e. The molecule has 2 heterocycles. The van der Waals surface area contributed by atoms with E-state index in [1.54, 1.807) is 48.1 Å². The summed E-state index contributed by atoms with van der Waals surface area (Å²) in [6, 6.07) is 10.3. The molecule has 1 aromatic heterocycles. The summed E-state index contributed by atoms with van der Waals surface area (Å²) in [5, 5.41) is 6.85. The van der Waals surface area contributed by atoms with Crippen molar-refractivity contribution in [3.8, 4) is 17.2 Å². The van der Waals surface area contributed by atoms with Gasteiger partial charge in [-0.3, -0.25) is 14.3 Å². The zero-order valence-electron chi connectivity index (χ0n) is 19.8. The minimum Gasteiger partial charge on any atom is -0.488 e. The van der Waals surface area contributed by atoms with Gasteiger partial charge < -0.3 is 24.4 Å². The molecule has 0 saturated carbocycles. The SMILES string of the molecule is COC[C@H](C)Oc1cc(Oc2ccc(C(=O)N3CCC3)cc2F)cc(C(=O)Nc2ccn(C)n2)c1. The van der Waals surface area contributed by atoms with Crippen LogP contribution in [-0.4, -0.2) is 59.4 Å². The summed E-state index contributed by atoms with van der Waals surface area (Å²) in [7, 11) is 3.30. The minimum absolute atomic E-state index is 0.0802. The number of benzene rings is 2. The lowest BCUT2D eigenvalue weighted by Crippen LogP contribution is -2.42. The van der Waals surface area contributed by atoms with E-state index in [2.05, 4.69) is 10.4 Å². The number of carbonyl (C=O) groups excluding carboxylic acids is 2. The molecule has 184 valence electrons. The number of nitrogens with zero attached hydrogens (tertiary/aromatic N) is 3. The van der Waals surface area contributed by atoms with E-state index in [-0.39, 0.29) is 34.6 Å². The van der Waals surface area contributed by atoms with Crippen LogP contribution in [0.25, 0.3) is 0 Å². The first-order valence-electron chi connectivity index (χ1n) is 11.2. The molecule has 1 saturated heterocycles. The van der Waals surface area contributed by atoms with Crippen LogP contribution in [0.5, 0.6) is 17.2 Å². The maximum atomic E-state index is 14.8. The smallest absolute Gasteiger partial charge is 0.257 e. The number of aromatic nitrogens is 2. The standard InChI is InChI=1S/C25H27FN4O5/c1-16(15-33-3)34-19-11-18(24(31)27-23-7-10-29(2)28-23)12-20(14-19)35-22-6-5-17(13-21(22)26)25(32)30-8-4-9-30/h5-7,10-14,16H,4,8-9,15H2,1-3H3,(H,27,28,31)/t16-/m0/s1. The van der Waals surface area contributed by atoms with Gasteiger partial charge >= 0.3 is 0 Å². The van der Waals surface area contributed by atoms with E-state index in [9.17, 15) is 14.0 Å². The van der Waals surface area contributed by atoms with Gasteiger partial charge in [0.1, 0.15) is 17.6 Å². The lowest BCUT2D eigenvalue weighted by atomic mass is 10.1. The summed E-state index contributed by atoms with van der Waals surface area (Å²) >= 11 is 0. The van der Waals surface area contributed by atoms with Crippen LogP contribution < -0.4 is 14.8 Å². The van der Waals surface area contributed by atoms with Crippen LogP contribution in [0.3, 0.4) is 0 Å². The predicted molar refractivity (Wildman–Crippen MR) is 127 cm³/mol. The number of methoxy groups -OCH3 is 1. The molecule has 0 aliphatic carbocycles. The molecule has 35 heavy (non-hydrogen) atoms. The first kappa shape index (κ1) is 24.2. The lowest BCUT2D eigenvalue weighted by Gasteiger charge is -2.30. The maximum absolute atomic E-state index is 14.8. The van der Waals surface area contributed by atoms with E-state index in [1.807, 2.05) is 6.92 Å². The molecule has 1 fully saturated rings. The van der Waals surface area contributed by atoms with Crippen molar-refractivity contribution >= 4 is 17.6 Å². The normalized spacial score (nSPS) is 13.7. The number of ether oxygens (including phenoxy) is 3. The van der Waals surface area contributed by atoms with Crippen LogP contribution in [0.2, 0.25) is 0 Å². The molecule has 9 nitrogen and oxygen atoms in total. The summed E-state index contributed by atoms with van der Waals surface area (Å²) in [5.74, 6) is -0.486. The molecule has 2 aromatic carbocycles. The lowest BCUT2D eigenvalue weighted by molar-refractivity contribution is 0.0651. The van der Waals surface area contributed by atoms with Crippen molar-refractivity contribution in [2.24, 2.45) is 7.05 Å². The van der Waals surface area contributed by atoms with Crippen molar-refractivity contribution < 1.29 is 28.2 Å². The number of amides is 2. The number of halogens is 1. The van der Waals surface area contributed by atoms with Gasteiger partial charge in [0.2, 0.25) is 0 Å². The summed E-state index contributed by atoms with van der Waals surface area (Å²) < 4.78 is 33.1. The van der Waals surface area contributed by atoms with E-state index in [1.165, 1.54) is 18.2 Å². The number of hydrogen-bond acceptors (Lipinski definition) is 6. The highest BCUT2D eigenvalue weighted by Crippen LogP contribution is 2.31. The van der Waals surface area contributed by atoms with Crippen molar-refractivity contribution in [2.45, 2.75) is 19.4 Å². The van der Waals surface area contributed by atoms with E-state index in [0.717, 1.165) is 12.5 Å². The van der Waals surface area contributed by atoms with Gasteiger partial charge in [0.25, 0.3) is 11.8 Å². The summed E-state index contributed by atoms with van der Waals surface area (Å²) in [6.45, 7) is 3.51. The molecule has 1 atom stereocenters. The summed E-state index contributed by atoms with van der Waals surface area (Å²) in [5.41, 5.74) is 0.494. The van der Waals surface area contributed by atoms with Gasteiger partial charge in [-0.15, -0.1) is 0 Å². The number of likely N-dealkylation sites (tertiary alicyclic amines) is 1. The molecule has 0 bridgehead atoms. The monoisotopic (exact) mass is 482 g/mol. The average Bonchev–Trinajstić information content (AvgIpc) is 3.18. The quantitative estimate of drug-likeness (QED) is 0.498. The van der Waals surface area contributed by atoms with Crippen molar-refractivity contribution in [3.05, 3.63) is 65.6 Å². The Kier molecular flexibility index (Phi) is 7.31. The van der Waals surface area contributed by atoms with Crippen molar-refractivity contribution in [3.63, 3.8) is 0 Å². The molecule has 0 spiro atoms. The molecule has 0 radical (unpaired) electrons. The molecular weight excluding hydrogens is 455 g/mol. The second-order valence-electron chi connectivity index (χ2n) is 8.30. The van der Waals surface area contributed by atoms with Crippen LogP contribution in [0.4, 0.5) is 10.2 Å². The molecular formula is C25H27FN4O5. The number of hydrogen-bond donors (Lipinski definition) is 1. The van der Waals surface area contributed by atoms with Gasteiger partial charge in [0.15, 0.2) is 17.4 Å². The van der Waals surface area contributed by atoms with E-state index in [4.69, 9.17) is 14.2 Å². The number of aryl methyl sites for hydroxylation is 1. The third kappa shape index (κ3) is 5.96. The van der Waals surface area contributed by atoms with Crippen molar-refractivity contribution in [2.75, 3.05) is 32.1 Å². The second-order valence-corrected chi connectivity index (χ2v) is 8.30. The number of carbonyl (C=O) groups is 2. The highest BCUT2D eigenvalue weighted by molar-refractivity contribution is 6.04. The molecule has 2 amide bonds. The number of nitrogens with one attached hydrogen (secondary N) is 1. The van der Waals surface area contributed by atoms with E-state index in [0.29, 0.717) is 31.3 Å². The fraction of sp³-hybridized carbons (Fsp3) is 0.320.